The minimum Gasteiger partial charge on any atom is -0.493 e. The maximum atomic E-state index is 13.3. The van der Waals surface area contributed by atoms with Crippen molar-refractivity contribution >= 4 is 26.6 Å². The molecular formula is C35H35N3O6S. The van der Waals surface area contributed by atoms with E-state index >= 15 is 0 Å². The van der Waals surface area contributed by atoms with Crippen molar-refractivity contribution in [2.75, 3.05) is 51.3 Å². The summed E-state index contributed by atoms with van der Waals surface area (Å²) in [5, 5.41) is 0.760. The number of pyridine rings is 1. The lowest BCUT2D eigenvalue weighted by molar-refractivity contribution is 0.0321. The van der Waals surface area contributed by atoms with Crippen LogP contribution in [0.1, 0.15) is 5.56 Å². The number of benzene rings is 4. The summed E-state index contributed by atoms with van der Waals surface area (Å²) >= 11 is 0. The van der Waals surface area contributed by atoms with E-state index in [-0.39, 0.29) is 4.90 Å². The number of ether oxygens (including phenoxy) is 4. The third kappa shape index (κ3) is 7.20. The SMILES string of the molecule is COc1cc2c(Oc3ccc(NS(=O)(=O)c4cccc(-c5ccccc5)c4)c(C)c3)ccnc2cc1OCCN1CCOCC1. The molecule has 0 radical (unpaired) electrons. The number of aryl methyl sites for hydroxylation is 1. The van der Waals surface area contributed by atoms with Crippen molar-refractivity contribution in [2.24, 2.45) is 0 Å². The predicted octanol–water partition coefficient (Wildman–Crippen LogP) is 6.52. The van der Waals surface area contributed by atoms with Gasteiger partial charge in [0.2, 0.25) is 0 Å². The number of hydrogen-bond acceptors (Lipinski definition) is 8. The molecule has 0 spiro atoms. The molecule has 2 heterocycles. The summed E-state index contributed by atoms with van der Waals surface area (Å²) in [5.74, 6) is 2.34. The first-order chi connectivity index (χ1) is 21.9. The highest BCUT2D eigenvalue weighted by Crippen LogP contribution is 2.38. The molecule has 1 aromatic heterocycles. The number of methoxy groups -OCH3 is 1. The Kier molecular flexibility index (Phi) is 9.16. The van der Waals surface area contributed by atoms with E-state index in [0.29, 0.717) is 46.4 Å². The Hall–Kier alpha value is -4.64. The van der Waals surface area contributed by atoms with Crippen LogP contribution in [-0.4, -0.2) is 64.9 Å². The fourth-order valence-electron chi connectivity index (χ4n) is 5.22. The summed E-state index contributed by atoms with van der Waals surface area (Å²) in [5.41, 5.74) is 3.65. The molecule has 0 unspecified atom stereocenters. The molecule has 45 heavy (non-hydrogen) atoms. The molecule has 0 saturated carbocycles. The average Bonchev–Trinajstić information content (AvgIpc) is 3.07. The third-order valence-corrected chi connectivity index (χ3v) is 9.04. The van der Waals surface area contributed by atoms with E-state index in [1.54, 1.807) is 55.8 Å². The van der Waals surface area contributed by atoms with E-state index < -0.39 is 10.0 Å². The molecule has 1 aliphatic rings. The highest BCUT2D eigenvalue weighted by molar-refractivity contribution is 7.92. The summed E-state index contributed by atoms with van der Waals surface area (Å²) in [6.07, 6.45) is 1.68. The van der Waals surface area contributed by atoms with Crippen LogP contribution >= 0.6 is 0 Å². The van der Waals surface area contributed by atoms with Crippen molar-refractivity contribution in [1.82, 2.24) is 9.88 Å². The largest absolute Gasteiger partial charge is 0.493 e. The number of hydrogen-bond donors (Lipinski definition) is 1. The standard InChI is InChI=1S/C35H35N3O6S/c1-25-21-28(11-12-31(25)37-45(39,40)29-10-6-9-27(22-29)26-7-4-3-5-8-26)44-33-13-14-36-32-24-35(34(41-2)23-30(32)33)43-20-17-38-15-18-42-19-16-38/h3-14,21-24,37H,15-20H2,1-2H3. The lowest BCUT2D eigenvalue weighted by atomic mass is 10.1. The Bertz CT molecular complexity index is 1890. The molecule has 1 fully saturated rings. The normalized spacial score (nSPS) is 13.8. The van der Waals surface area contributed by atoms with Gasteiger partial charge < -0.3 is 18.9 Å². The van der Waals surface area contributed by atoms with Crippen LogP contribution in [0.25, 0.3) is 22.0 Å². The molecule has 10 heteroatoms. The van der Waals surface area contributed by atoms with Gasteiger partial charge in [-0.2, -0.15) is 0 Å². The second kappa shape index (κ2) is 13.6. The monoisotopic (exact) mass is 625 g/mol. The average molecular weight is 626 g/mol. The van der Waals surface area contributed by atoms with Gasteiger partial charge in [0.05, 0.1) is 36.4 Å². The number of nitrogens with zero attached hydrogens (tertiary/aromatic N) is 2. The third-order valence-electron chi connectivity index (χ3n) is 7.68. The van der Waals surface area contributed by atoms with Crippen molar-refractivity contribution in [1.29, 1.82) is 0 Å². The molecule has 1 N–H and O–H groups in total. The molecule has 232 valence electrons. The van der Waals surface area contributed by atoms with Gasteiger partial charge in [-0.1, -0.05) is 42.5 Å². The molecule has 0 aliphatic carbocycles. The van der Waals surface area contributed by atoms with Gasteiger partial charge >= 0.3 is 0 Å². The maximum absolute atomic E-state index is 13.3. The van der Waals surface area contributed by atoms with Crippen molar-refractivity contribution < 1.29 is 27.4 Å². The Morgan fingerprint density at radius 3 is 2.44 bits per heavy atom. The van der Waals surface area contributed by atoms with Gasteiger partial charge in [0, 0.05) is 37.3 Å². The van der Waals surface area contributed by atoms with E-state index in [1.807, 2.05) is 55.5 Å². The first-order valence-corrected chi connectivity index (χ1v) is 16.2. The highest BCUT2D eigenvalue weighted by Gasteiger charge is 2.18. The molecule has 1 aliphatic heterocycles. The summed E-state index contributed by atoms with van der Waals surface area (Å²) in [6.45, 7) is 6.43. The Morgan fingerprint density at radius 1 is 0.867 bits per heavy atom. The van der Waals surface area contributed by atoms with Gasteiger partial charge in [-0.25, -0.2) is 8.42 Å². The van der Waals surface area contributed by atoms with Gasteiger partial charge in [0.1, 0.15) is 18.1 Å². The van der Waals surface area contributed by atoms with Crippen LogP contribution in [0.3, 0.4) is 0 Å². The molecule has 9 nitrogen and oxygen atoms in total. The van der Waals surface area contributed by atoms with Crippen molar-refractivity contribution in [2.45, 2.75) is 11.8 Å². The number of fused-ring (bicyclic) bond motifs is 1. The van der Waals surface area contributed by atoms with Crippen LogP contribution in [0.15, 0.2) is 102 Å². The Balaban J connectivity index is 1.17. The highest BCUT2D eigenvalue weighted by atomic mass is 32.2. The molecule has 4 aromatic carbocycles. The predicted molar refractivity (Wildman–Crippen MR) is 175 cm³/mol. The quantitative estimate of drug-likeness (QED) is 0.177. The summed E-state index contributed by atoms with van der Waals surface area (Å²) < 4.78 is 52.8. The molecule has 0 bridgehead atoms. The van der Waals surface area contributed by atoms with Gasteiger partial charge in [-0.3, -0.25) is 14.6 Å². The number of morpholine rings is 1. The lowest BCUT2D eigenvalue weighted by Gasteiger charge is -2.26. The van der Waals surface area contributed by atoms with Crippen molar-refractivity contribution in [3.8, 4) is 34.1 Å². The zero-order valence-electron chi connectivity index (χ0n) is 25.2. The summed E-state index contributed by atoms with van der Waals surface area (Å²) in [4.78, 5) is 7.02. The van der Waals surface area contributed by atoms with Gasteiger partial charge in [0.25, 0.3) is 10.0 Å². The topological polar surface area (TPSA) is 99.2 Å². The maximum Gasteiger partial charge on any atom is 0.261 e. The van der Waals surface area contributed by atoms with E-state index in [9.17, 15) is 8.42 Å². The van der Waals surface area contributed by atoms with Crippen LogP contribution in [0.2, 0.25) is 0 Å². The van der Waals surface area contributed by atoms with Gasteiger partial charge in [0.15, 0.2) is 11.5 Å². The van der Waals surface area contributed by atoms with Crippen LogP contribution in [0.5, 0.6) is 23.0 Å². The van der Waals surface area contributed by atoms with E-state index in [0.717, 1.165) is 49.4 Å². The fraction of sp³-hybridized carbons (Fsp3) is 0.229. The zero-order valence-corrected chi connectivity index (χ0v) is 26.0. The first kappa shape index (κ1) is 30.4. The minimum atomic E-state index is -3.83. The van der Waals surface area contributed by atoms with Gasteiger partial charge in [-0.05, 0) is 66.1 Å². The Morgan fingerprint density at radius 2 is 1.67 bits per heavy atom. The van der Waals surface area contributed by atoms with Crippen LogP contribution in [-0.2, 0) is 14.8 Å². The number of nitrogens with one attached hydrogen (secondary N) is 1. The summed E-state index contributed by atoms with van der Waals surface area (Å²) in [7, 11) is -2.22. The molecule has 6 rings (SSSR count). The second-order valence-corrected chi connectivity index (χ2v) is 12.4. The number of aromatic nitrogens is 1. The number of sulfonamides is 1. The Labute approximate surface area is 263 Å². The van der Waals surface area contributed by atoms with Crippen LogP contribution in [0.4, 0.5) is 5.69 Å². The first-order valence-electron chi connectivity index (χ1n) is 14.8. The fourth-order valence-corrected chi connectivity index (χ4v) is 6.39. The zero-order chi connectivity index (χ0) is 31.2. The van der Waals surface area contributed by atoms with Crippen LogP contribution < -0.4 is 18.9 Å². The van der Waals surface area contributed by atoms with E-state index in [2.05, 4.69) is 14.6 Å². The molecule has 0 atom stereocenters. The van der Waals surface area contributed by atoms with Crippen molar-refractivity contribution in [3.05, 3.63) is 103 Å². The number of rotatable bonds is 11. The van der Waals surface area contributed by atoms with E-state index in [4.69, 9.17) is 18.9 Å². The van der Waals surface area contributed by atoms with Gasteiger partial charge in [-0.15, -0.1) is 0 Å². The molecule has 1 saturated heterocycles. The van der Waals surface area contributed by atoms with Crippen LogP contribution in [0, 0.1) is 6.92 Å². The molecule has 0 amide bonds. The summed E-state index contributed by atoms with van der Waals surface area (Å²) in [6, 6.07) is 27.3. The van der Waals surface area contributed by atoms with Crippen molar-refractivity contribution in [3.63, 3.8) is 0 Å². The van der Waals surface area contributed by atoms with E-state index in [1.165, 1.54) is 0 Å². The smallest absolute Gasteiger partial charge is 0.261 e. The minimum absolute atomic E-state index is 0.185. The second-order valence-electron chi connectivity index (χ2n) is 10.7. The molecule has 5 aromatic rings. The lowest BCUT2D eigenvalue weighted by Crippen LogP contribution is -2.38. The number of anilines is 1. The molecular weight excluding hydrogens is 590 g/mol.